The topological polar surface area (TPSA) is 44.5 Å². The zero-order valence-electron chi connectivity index (χ0n) is 12.9. The Morgan fingerprint density at radius 3 is 2.45 bits per heavy atom. The first-order chi connectivity index (χ1) is 9.59. The van der Waals surface area contributed by atoms with Crippen LogP contribution in [0.1, 0.15) is 58.1 Å². The van der Waals surface area contributed by atoms with E-state index < -0.39 is 0 Å². The number of ether oxygens (including phenoxy) is 2. The first-order valence-corrected chi connectivity index (χ1v) is 7.74. The number of hydrogen-bond acceptors (Lipinski definition) is 3. The Morgan fingerprint density at radius 2 is 1.85 bits per heavy atom. The van der Waals surface area contributed by atoms with Crippen LogP contribution in [-0.2, 0) is 4.74 Å². The lowest BCUT2D eigenvalue weighted by molar-refractivity contribution is -0.0542. The molecule has 0 heterocycles. The van der Waals surface area contributed by atoms with Gasteiger partial charge in [0.2, 0.25) is 0 Å². The molecule has 112 valence electrons. The van der Waals surface area contributed by atoms with Crippen molar-refractivity contribution in [2.24, 2.45) is 5.73 Å². The summed E-state index contributed by atoms with van der Waals surface area (Å²) in [5.41, 5.74) is 7.44. The van der Waals surface area contributed by atoms with Gasteiger partial charge in [0.15, 0.2) is 0 Å². The SMILES string of the molecule is CCOC1(C(N)c2ccccc2OC(C)C)CCCC1. The summed E-state index contributed by atoms with van der Waals surface area (Å²) in [6.45, 7) is 6.83. The van der Waals surface area contributed by atoms with E-state index in [0.717, 1.165) is 24.2 Å². The van der Waals surface area contributed by atoms with E-state index in [-0.39, 0.29) is 17.7 Å². The monoisotopic (exact) mass is 277 g/mol. The highest BCUT2D eigenvalue weighted by Gasteiger charge is 2.42. The van der Waals surface area contributed by atoms with E-state index in [9.17, 15) is 0 Å². The van der Waals surface area contributed by atoms with Crippen LogP contribution in [0.5, 0.6) is 5.75 Å². The van der Waals surface area contributed by atoms with Crippen molar-refractivity contribution in [2.75, 3.05) is 6.61 Å². The predicted octanol–water partition coefficient (Wildman–Crippen LogP) is 3.82. The molecule has 1 unspecified atom stereocenters. The summed E-state index contributed by atoms with van der Waals surface area (Å²) in [6, 6.07) is 7.97. The summed E-state index contributed by atoms with van der Waals surface area (Å²) >= 11 is 0. The van der Waals surface area contributed by atoms with Gasteiger partial charge in [-0.15, -0.1) is 0 Å². The first kappa shape index (κ1) is 15.3. The van der Waals surface area contributed by atoms with E-state index in [2.05, 4.69) is 6.07 Å². The van der Waals surface area contributed by atoms with Gasteiger partial charge in [0, 0.05) is 12.2 Å². The summed E-state index contributed by atoms with van der Waals surface area (Å²) in [4.78, 5) is 0. The zero-order chi connectivity index (χ0) is 14.6. The molecule has 1 atom stereocenters. The molecular formula is C17H27NO2. The van der Waals surface area contributed by atoms with Gasteiger partial charge in [-0.25, -0.2) is 0 Å². The van der Waals surface area contributed by atoms with Gasteiger partial charge in [0.05, 0.1) is 17.7 Å². The molecule has 2 N–H and O–H groups in total. The second kappa shape index (κ2) is 6.59. The van der Waals surface area contributed by atoms with Gasteiger partial charge in [-0.05, 0) is 39.7 Å². The second-order valence-electron chi connectivity index (χ2n) is 5.89. The van der Waals surface area contributed by atoms with E-state index in [0.29, 0.717) is 6.61 Å². The molecule has 20 heavy (non-hydrogen) atoms. The minimum atomic E-state index is -0.217. The highest BCUT2D eigenvalue weighted by molar-refractivity contribution is 5.37. The summed E-state index contributed by atoms with van der Waals surface area (Å²) in [5.74, 6) is 0.890. The first-order valence-electron chi connectivity index (χ1n) is 7.74. The predicted molar refractivity (Wildman–Crippen MR) is 82.0 cm³/mol. The molecule has 1 aromatic rings. The molecule has 3 nitrogen and oxygen atoms in total. The molecule has 1 aliphatic rings. The maximum Gasteiger partial charge on any atom is 0.124 e. The highest BCUT2D eigenvalue weighted by Crippen LogP contribution is 2.43. The average Bonchev–Trinajstić information content (AvgIpc) is 2.88. The molecule has 0 aliphatic heterocycles. The van der Waals surface area contributed by atoms with Crippen LogP contribution >= 0.6 is 0 Å². The maximum absolute atomic E-state index is 6.59. The largest absolute Gasteiger partial charge is 0.491 e. The van der Waals surface area contributed by atoms with Crippen LogP contribution in [0, 0.1) is 0 Å². The fourth-order valence-electron chi connectivity index (χ4n) is 3.19. The molecule has 0 radical (unpaired) electrons. The number of benzene rings is 1. The van der Waals surface area contributed by atoms with Crippen LogP contribution in [0.4, 0.5) is 0 Å². The van der Waals surface area contributed by atoms with Crippen LogP contribution in [-0.4, -0.2) is 18.3 Å². The van der Waals surface area contributed by atoms with E-state index in [1.807, 2.05) is 39.0 Å². The number of rotatable bonds is 6. The molecule has 1 saturated carbocycles. The molecule has 0 amide bonds. The third-order valence-electron chi connectivity index (χ3n) is 4.07. The lowest BCUT2D eigenvalue weighted by atomic mass is 9.87. The van der Waals surface area contributed by atoms with E-state index in [1.165, 1.54) is 12.8 Å². The van der Waals surface area contributed by atoms with Crippen molar-refractivity contribution in [3.63, 3.8) is 0 Å². The third-order valence-corrected chi connectivity index (χ3v) is 4.07. The summed E-state index contributed by atoms with van der Waals surface area (Å²) in [5, 5.41) is 0. The Bertz CT molecular complexity index is 425. The van der Waals surface area contributed by atoms with Gasteiger partial charge in [0.1, 0.15) is 5.75 Å². The van der Waals surface area contributed by atoms with Gasteiger partial charge in [0.25, 0.3) is 0 Å². The molecule has 0 bridgehead atoms. The van der Waals surface area contributed by atoms with Crippen molar-refractivity contribution in [1.29, 1.82) is 0 Å². The molecule has 0 aromatic heterocycles. The smallest absolute Gasteiger partial charge is 0.124 e. The van der Waals surface area contributed by atoms with Crippen molar-refractivity contribution in [2.45, 2.75) is 64.2 Å². The Morgan fingerprint density at radius 1 is 1.20 bits per heavy atom. The molecular weight excluding hydrogens is 250 g/mol. The van der Waals surface area contributed by atoms with Crippen LogP contribution < -0.4 is 10.5 Å². The number of hydrogen-bond donors (Lipinski definition) is 1. The molecule has 0 saturated heterocycles. The fraction of sp³-hybridized carbons (Fsp3) is 0.647. The molecule has 1 aliphatic carbocycles. The molecule has 0 spiro atoms. The fourth-order valence-corrected chi connectivity index (χ4v) is 3.19. The highest BCUT2D eigenvalue weighted by atomic mass is 16.5. The third kappa shape index (κ3) is 3.15. The quantitative estimate of drug-likeness (QED) is 0.859. The van der Waals surface area contributed by atoms with E-state index >= 15 is 0 Å². The lowest BCUT2D eigenvalue weighted by Gasteiger charge is -2.36. The molecule has 1 aromatic carbocycles. The average molecular weight is 277 g/mol. The second-order valence-corrected chi connectivity index (χ2v) is 5.89. The van der Waals surface area contributed by atoms with Crippen LogP contribution in [0.15, 0.2) is 24.3 Å². The van der Waals surface area contributed by atoms with Crippen molar-refractivity contribution < 1.29 is 9.47 Å². The minimum absolute atomic E-state index is 0.125. The van der Waals surface area contributed by atoms with Gasteiger partial charge in [-0.1, -0.05) is 31.0 Å². The van der Waals surface area contributed by atoms with Crippen LogP contribution in [0.2, 0.25) is 0 Å². The van der Waals surface area contributed by atoms with Crippen molar-refractivity contribution in [1.82, 2.24) is 0 Å². The summed E-state index contributed by atoms with van der Waals surface area (Å²) in [7, 11) is 0. The van der Waals surface area contributed by atoms with Crippen LogP contribution in [0.3, 0.4) is 0 Å². The van der Waals surface area contributed by atoms with Crippen LogP contribution in [0.25, 0.3) is 0 Å². The number of nitrogens with two attached hydrogens (primary N) is 1. The summed E-state index contributed by atoms with van der Waals surface area (Å²) < 4.78 is 12.0. The Labute approximate surface area is 122 Å². The Balaban J connectivity index is 2.29. The van der Waals surface area contributed by atoms with E-state index in [1.54, 1.807) is 0 Å². The van der Waals surface area contributed by atoms with Crippen molar-refractivity contribution in [3.8, 4) is 5.75 Å². The maximum atomic E-state index is 6.59. The lowest BCUT2D eigenvalue weighted by Crippen LogP contribution is -2.41. The number of para-hydroxylation sites is 1. The van der Waals surface area contributed by atoms with Gasteiger partial charge in [-0.3, -0.25) is 0 Å². The Hall–Kier alpha value is -1.06. The van der Waals surface area contributed by atoms with Crippen molar-refractivity contribution in [3.05, 3.63) is 29.8 Å². The normalized spacial score (nSPS) is 19.2. The standard InChI is InChI=1S/C17H27NO2/c1-4-19-17(11-7-8-12-17)16(18)14-9-5-6-10-15(14)20-13(2)3/h5-6,9-10,13,16H,4,7-8,11-12,18H2,1-3H3. The van der Waals surface area contributed by atoms with Crippen molar-refractivity contribution >= 4 is 0 Å². The minimum Gasteiger partial charge on any atom is -0.491 e. The summed E-state index contributed by atoms with van der Waals surface area (Å²) in [6.07, 6.45) is 4.62. The molecule has 3 heteroatoms. The van der Waals surface area contributed by atoms with Gasteiger partial charge in [-0.2, -0.15) is 0 Å². The van der Waals surface area contributed by atoms with E-state index in [4.69, 9.17) is 15.2 Å². The zero-order valence-corrected chi connectivity index (χ0v) is 12.9. The molecule has 2 rings (SSSR count). The molecule has 1 fully saturated rings. The Kier molecular flexibility index (Phi) is 5.06. The van der Waals surface area contributed by atoms with Gasteiger partial charge < -0.3 is 15.2 Å². The van der Waals surface area contributed by atoms with Gasteiger partial charge >= 0.3 is 0 Å².